The number of aromatic nitrogens is 4. The van der Waals surface area contributed by atoms with Crippen molar-refractivity contribution in [2.45, 2.75) is 39.7 Å². The Kier molecular flexibility index (Phi) is 7.03. The van der Waals surface area contributed by atoms with E-state index in [0.29, 0.717) is 41.4 Å². The number of fused-ring (bicyclic) bond motifs is 1. The van der Waals surface area contributed by atoms with Crippen LogP contribution >= 0.6 is 0 Å². The number of piperidine rings is 1. The van der Waals surface area contributed by atoms with E-state index in [4.69, 9.17) is 15.6 Å². The topological polar surface area (TPSA) is 123 Å². The van der Waals surface area contributed by atoms with Crippen LogP contribution < -0.4 is 10.5 Å². The van der Waals surface area contributed by atoms with Crippen LogP contribution in [0.15, 0.2) is 72.6 Å². The monoisotopic (exact) mass is 521 g/mol. The number of anilines is 1. The smallest absolute Gasteiger partial charge is 0.264 e. The number of rotatable bonds is 5. The van der Waals surface area contributed by atoms with Crippen LogP contribution in [0.3, 0.4) is 0 Å². The number of hydrogen-bond donors (Lipinski definition) is 1. The summed E-state index contributed by atoms with van der Waals surface area (Å²) in [5.41, 5.74) is 8.35. The van der Waals surface area contributed by atoms with Gasteiger partial charge in [-0.3, -0.25) is 4.79 Å². The molecule has 2 aromatic carbocycles. The zero-order valence-corrected chi connectivity index (χ0v) is 22.3. The predicted molar refractivity (Wildman–Crippen MR) is 150 cm³/mol. The molecule has 1 amide bonds. The second-order valence-corrected chi connectivity index (χ2v) is 10.8. The molecule has 3 heterocycles. The molecule has 2 aromatic heterocycles. The summed E-state index contributed by atoms with van der Waals surface area (Å²) in [6.07, 6.45) is 4.77. The van der Waals surface area contributed by atoms with Gasteiger partial charge in [0, 0.05) is 18.7 Å². The number of hydrogen-bond acceptors (Lipinski definition) is 7. The number of carbonyl (C=O) groups is 1. The fourth-order valence-electron chi connectivity index (χ4n) is 4.84. The van der Waals surface area contributed by atoms with E-state index in [0.717, 1.165) is 24.2 Å². The predicted octanol–water partition coefficient (Wildman–Crippen LogP) is 5.53. The normalized spacial score (nSPS) is 16.2. The van der Waals surface area contributed by atoms with Gasteiger partial charge in [-0.25, -0.2) is 14.6 Å². The zero-order valence-electron chi connectivity index (χ0n) is 22.3. The van der Waals surface area contributed by atoms with Crippen LogP contribution in [0.2, 0.25) is 0 Å². The molecule has 0 radical (unpaired) electrons. The van der Waals surface area contributed by atoms with Gasteiger partial charge < -0.3 is 15.4 Å². The highest BCUT2D eigenvalue weighted by molar-refractivity contribution is 5.99. The van der Waals surface area contributed by atoms with Crippen molar-refractivity contribution in [1.82, 2.24) is 24.6 Å². The Morgan fingerprint density at radius 3 is 2.51 bits per heavy atom. The highest BCUT2D eigenvalue weighted by atomic mass is 16.5. The lowest BCUT2D eigenvalue weighted by atomic mass is 9.93. The van der Waals surface area contributed by atoms with Crippen LogP contribution in [0, 0.1) is 16.7 Å². The maximum Gasteiger partial charge on any atom is 0.264 e. The van der Waals surface area contributed by atoms with E-state index in [1.165, 1.54) is 6.33 Å². The summed E-state index contributed by atoms with van der Waals surface area (Å²) < 4.78 is 7.79. The molecule has 2 N–H and O–H groups in total. The molecule has 0 spiro atoms. The molecule has 4 aromatic rings. The summed E-state index contributed by atoms with van der Waals surface area (Å²) in [5.74, 6) is 1.55. The van der Waals surface area contributed by atoms with Crippen molar-refractivity contribution in [1.29, 1.82) is 5.26 Å². The number of ether oxygens (including phenoxy) is 1. The van der Waals surface area contributed by atoms with E-state index in [1.54, 1.807) is 11.0 Å². The number of nitrogens with zero attached hydrogens (tertiary/aromatic N) is 6. The fourth-order valence-corrected chi connectivity index (χ4v) is 4.84. The first-order valence-corrected chi connectivity index (χ1v) is 13.0. The fraction of sp³-hybridized carbons (Fsp3) is 0.300. The summed E-state index contributed by atoms with van der Waals surface area (Å²) in [7, 11) is 0. The first-order chi connectivity index (χ1) is 18.7. The van der Waals surface area contributed by atoms with E-state index in [1.807, 2.05) is 80.1 Å². The number of amides is 1. The summed E-state index contributed by atoms with van der Waals surface area (Å²) in [5, 5.41) is 15.3. The highest BCUT2D eigenvalue weighted by Gasteiger charge is 2.30. The van der Waals surface area contributed by atoms with E-state index in [-0.39, 0.29) is 22.9 Å². The molecule has 0 bridgehead atoms. The molecule has 5 rings (SSSR count). The summed E-state index contributed by atoms with van der Waals surface area (Å²) in [4.78, 5) is 23.7. The lowest BCUT2D eigenvalue weighted by Crippen LogP contribution is -2.41. The largest absolute Gasteiger partial charge is 0.457 e. The van der Waals surface area contributed by atoms with Gasteiger partial charge in [-0.05, 0) is 54.7 Å². The highest BCUT2D eigenvalue weighted by Crippen LogP contribution is 2.35. The van der Waals surface area contributed by atoms with Crippen molar-refractivity contribution in [2.75, 3.05) is 18.8 Å². The molecule has 39 heavy (non-hydrogen) atoms. The van der Waals surface area contributed by atoms with Gasteiger partial charge in [-0.15, -0.1) is 0 Å². The average molecular weight is 522 g/mol. The number of para-hydroxylation sites is 1. The minimum Gasteiger partial charge on any atom is -0.457 e. The van der Waals surface area contributed by atoms with Crippen LogP contribution in [-0.4, -0.2) is 43.6 Å². The van der Waals surface area contributed by atoms with Crippen molar-refractivity contribution in [2.24, 2.45) is 5.41 Å². The molecule has 1 aliphatic heterocycles. The summed E-state index contributed by atoms with van der Waals surface area (Å²) in [6, 6.07) is 19.2. The molecule has 1 fully saturated rings. The van der Waals surface area contributed by atoms with Gasteiger partial charge in [0.1, 0.15) is 41.0 Å². The Labute approximate surface area is 227 Å². The molecule has 9 heteroatoms. The van der Waals surface area contributed by atoms with Gasteiger partial charge in [-0.2, -0.15) is 10.4 Å². The molecule has 198 valence electrons. The Morgan fingerprint density at radius 1 is 1.10 bits per heavy atom. The summed E-state index contributed by atoms with van der Waals surface area (Å²) >= 11 is 0. The van der Waals surface area contributed by atoms with Crippen molar-refractivity contribution >= 4 is 22.8 Å². The standard InChI is InChI=1S/C30H31N7O2/c1-30(2,3)16-21(17-31)29(38)36-15-7-8-22(18-36)37-28-25(27(32)33-19-34-28)26(35-37)20-11-13-24(14-12-20)39-23-9-5-4-6-10-23/h4-6,9-14,16,19,22H,7-8,15,18H2,1-3H3,(H2,32,33,34)/b21-16-. The average Bonchev–Trinajstić information content (AvgIpc) is 3.33. The van der Waals surface area contributed by atoms with Crippen molar-refractivity contribution in [3.63, 3.8) is 0 Å². The van der Waals surface area contributed by atoms with Crippen molar-refractivity contribution < 1.29 is 9.53 Å². The molecule has 1 atom stereocenters. The molecular formula is C30H31N7O2. The first-order valence-electron chi connectivity index (χ1n) is 13.0. The quantitative estimate of drug-likeness (QED) is 0.271. The van der Waals surface area contributed by atoms with Crippen LogP contribution in [0.25, 0.3) is 22.3 Å². The molecule has 1 aliphatic rings. The molecule has 9 nitrogen and oxygen atoms in total. The lowest BCUT2D eigenvalue weighted by molar-refractivity contribution is -0.128. The van der Waals surface area contributed by atoms with Gasteiger partial charge in [0.15, 0.2) is 5.65 Å². The minimum atomic E-state index is -0.279. The zero-order chi connectivity index (χ0) is 27.6. The third-order valence-corrected chi connectivity index (χ3v) is 6.58. The van der Waals surface area contributed by atoms with E-state index in [2.05, 4.69) is 16.0 Å². The number of nitrogen functional groups attached to an aromatic ring is 1. The number of nitriles is 1. The second-order valence-electron chi connectivity index (χ2n) is 10.8. The van der Waals surface area contributed by atoms with E-state index < -0.39 is 0 Å². The molecular weight excluding hydrogens is 490 g/mol. The number of carbonyl (C=O) groups excluding carboxylic acids is 1. The number of nitrogens with two attached hydrogens (primary N) is 1. The maximum absolute atomic E-state index is 13.2. The van der Waals surface area contributed by atoms with Gasteiger partial charge in [-0.1, -0.05) is 45.0 Å². The van der Waals surface area contributed by atoms with Gasteiger partial charge in [0.25, 0.3) is 5.91 Å². The Hall–Kier alpha value is -4.71. The van der Waals surface area contributed by atoms with Crippen LogP contribution in [0.5, 0.6) is 11.5 Å². The minimum absolute atomic E-state index is 0.122. The van der Waals surface area contributed by atoms with Crippen LogP contribution in [-0.2, 0) is 4.79 Å². The molecule has 0 saturated carbocycles. The Morgan fingerprint density at radius 2 is 1.82 bits per heavy atom. The molecule has 1 unspecified atom stereocenters. The van der Waals surface area contributed by atoms with Crippen molar-refractivity contribution in [3.05, 3.63) is 72.6 Å². The van der Waals surface area contributed by atoms with Gasteiger partial charge in [0.2, 0.25) is 0 Å². The number of allylic oxidation sites excluding steroid dienone is 1. The Balaban J connectivity index is 1.46. The maximum atomic E-state index is 13.2. The second kappa shape index (κ2) is 10.6. The summed E-state index contributed by atoms with van der Waals surface area (Å²) in [6.45, 7) is 6.92. The van der Waals surface area contributed by atoms with E-state index >= 15 is 0 Å². The molecule has 1 saturated heterocycles. The van der Waals surface area contributed by atoms with Gasteiger partial charge >= 0.3 is 0 Å². The lowest BCUT2D eigenvalue weighted by Gasteiger charge is -2.33. The van der Waals surface area contributed by atoms with Crippen molar-refractivity contribution in [3.8, 4) is 28.8 Å². The third kappa shape index (κ3) is 5.60. The van der Waals surface area contributed by atoms with Gasteiger partial charge in [0.05, 0.1) is 11.4 Å². The van der Waals surface area contributed by atoms with Crippen LogP contribution in [0.4, 0.5) is 5.82 Å². The number of likely N-dealkylation sites (tertiary alicyclic amines) is 1. The number of benzene rings is 2. The third-order valence-electron chi connectivity index (χ3n) is 6.58. The molecule has 0 aliphatic carbocycles. The SMILES string of the molecule is CC(C)(C)/C=C(/C#N)C(=O)N1CCCC(n2nc(-c3ccc(Oc4ccccc4)cc3)c3c(N)ncnc32)C1. The van der Waals surface area contributed by atoms with Crippen LogP contribution in [0.1, 0.15) is 39.7 Å². The first kappa shape index (κ1) is 25.9. The van der Waals surface area contributed by atoms with E-state index in [9.17, 15) is 10.1 Å². The Bertz CT molecular complexity index is 1560.